The Morgan fingerprint density at radius 3 is 2.35 bits per heavy atom. The van der Waals surface area contributed by atoms with Gasteiger partial charge in [-0.05, 0) is 22.8 Å². The molecule has 0 amide bonds. The van der Waals surface area contributed by atoms with Crippen molar-refractivity contribution >= 4 is 5.97 Å². The van der Waals surface area contributed by atoms with Gasteiger partial charge in [-0.15, -0.1) is 0 Å². The van der Waals surface area contributed by atoms with Crippen LogP contribution >= 0.6 is 0 Å². The molecule has 2 aromatic carbocycles. The highest BCUT2D eigenvalue weighted by atomic mass is 16.4. The molecule has 0 atom stereocenters. The van der Waals surface area contributed by atoms with E-state index in [1.165, 1.54) is 0 Å². The van der Waals surface area contributed by atoms with Crippen LogP contribution in [0.4, 0.5) is 0 Å². The molecule has 0 heterocycles. The van der Waals surface area contributed by atoms with E-state index in [-0.39, 0.29) is 12.1 Å². The first kappa shape index (κ1) is 11.4. The monoisotopic (exact) mass is 227 g/mol. The molecule has 0 radical (unpaired) electrons. The fourth-order valence-electron chi connectivity index (χ4n) is 1.90. The molecule has 0 spiro atoms. The molecule has 0 unspecified atom stereocenters. The maximum Gasteiger partial charge on any atom is 0.336 e. The van der Waals surface area contributed by atoms with Crippen LogP contribution in [-0.2, 0) is 6.54 Å². The first-order valence-electron chi connectivity index (χ1n) is 5.34. The van der Waals surface area contributed by atoms with E-state index >= 15 is 0 Å². The smallest absolute Gasteiger partial charge is 0.336 e. The molecule has 2 rings (SSSR count). The molecular weight excluding hydrogens is 214 g/mol. The molecule has 0 saturated carbocycles. The lowest BCUT2D eigenvalue weighted by Gasteiger charge is -2.10. The van der Waals surface area contributed by atoms with Crippen LogP contribution in [0, 0.1) is 0 Å². The Kier molecular flexibility index (Phi) is 3.21. The lowest BCUT2D eigenvalue weighted by Crippen LogP contribution is -2.08. The maximum atomic E-state index is 11.1. The number of nitrogens with two attached hydrogens (primary N) is 1. The fourth-order valence-corrected chi connectivity index (χ4v) is 1.90. The zero-order chi connectivity index (χ0) is 12.3. The maximum absolute atomic E-state index is 11.1. The van der Waals surface area contributed by atoms with Crippen LogP contribution in [0.25, 0.3) is 11.1 Å². The summed E-state index contributed by atoms with van der Waals surface area (Å²) in [5.41, 5.74) is 8.47. The zero-order valence-electron chi connectivity index (χ0n) is 9.26. The number of aromatic carboxylic acids is 1. The Morgan fingerprint density at radius 2 is 1.76 bits per heavy atom. The van der Waals surface area contributed by atoms with Gasteiger partial charge in [0.05, 0.1) is 5.56 Å². The average molecular weight is 227 g/mol. The van der Waals surface area contributed by atoms with Crippen LogP contribution in [0.15, 0.2) is 48.5 Å². The van der Waals surface area contributed by atoms with E-state index in [1.807, 2.05) is 36.4 Å². The van der Waals surface area contributed by atoms with Gasteiger partial charge in [0, 0.05) is 6.54 Å². The molecule has 0 aromatic heterocycles. The summed E-state index contributed by atoms with van der Waals surface area (Å²) in [7, 11) is 0. The van der Waals surface area contributed by atoms with Crippen molar-refractivity contribution in [1.82, 2.24) is 0 Å². The Bertz CT molecular complexity index is 535. The number of hydrogen-bond acceptors (Lipinski definition) is 2. The minimum absolute atomic E-state index is 0.215. The predicted octanol–water partition coefficient (Wildman–Crippen LogP) is 2.51. The summed E-state index contributed by atoms with van der Waals surface area (Å²) in [6.45, 7) is 0.215. The van der Waals surface area contributed by atoms with E-state index in [1.54, 1.807) is 12.1 Å². The van der Waals surface area contributed by atoms with Gasteiger partial charge < -0.3 is 10.8 Å². The van der Waals surface area contributed by atoms with E-state index in [4.69, 9.17) is 10.8 Å². The zero-order valence-corrected chi connectivity index (χ0v) is 9.26. The minimum Gasteiger partial charge on any atom is -0.478 e. The molecule has 86 valence electrons. The number of carboxylic acid groups (broad SMARTS) is 1. The van der Waals surface area contributed by atoms with E-state index in [0.29, 0.717) is 5.56 Å². The lowest BCUT2D eigenvalue weighted by atomic mass is 9.95. The van der Waals surface area contributed by atoms with Gasteiger partial charge in [0.15, 0.2) is 0 Å². The van der Waals surface area contributed by atoms with Crippen molar-refractivity contribution < 1.29 is 9.90 Å². The van der Waals surface area contributed by atoms with Crippen molar-refractivity contribution in [1.29, 1.82) is 0 Å². The summed E-state index contributed by atoms with van der Waals surface area (Å²) >= 11 is 0. The van der Waals surface area contributed by atoms with Crippen LogP contribution in [0.1, 0.15) is 15.9 Å². The molecule has 0 aliphatic carbocycles. The van der Waals surface area contributed by atoms with Crippen molar-refractivity contribution in [3.05, 3.63) is 59.7 Å². The Balaban J connectivity index is 2.63. The van der Waals surface area contributed by atoms with E-state index < -0.39 is 5.97 Å². The third-order valence-electron chi connectivity index (χ3n) is 2.70. The molecule has 3 heteroatoms. The summed E-state index contributed by atoms with van der Waals surface area (Å²) in [5.74, 6) is -0.941. The Labute approximate surface area is 99.5 Å². The summed E-state index contributed by atoms with van der Waals surface area (Å²) in [5, 5.41) is 9.11. The summed E-state index contributed by atoms with van der Waals surface area (Å²) in [6, 6.07) is 14.9. The predicted molar refractivity (Wildman–Crippen MR) is 66.7 cm³/mol. The van der Waals surface area contributed by atoms with Gasteiger partial charge >= 0.3 is 5.97 Å². The summed E-state index contributed by atoms with van der Waals surface area (Å²) < 4.78 is 0. The normalized spacial score (nSPS) is 10.2. The molecular formula is C14H13NO2. The third kappa shape index (κ3) is 2.19. The van der Waals surface area contributed by atoms with Gasteiger partial charge in [-0.2, -0.15) is 0 Å². The average Bonchev–Trinajstić information content (AvgIpc) is 2.38. The second kappa shape index (κ2) is 4.80. The third-order valence-corrected chi connectivity index (χ3v) is 2.70. The van der Waals surface area contributed by atoms with Crippen LogP contribution in [0.5, 0.6) is 0 Å². The Morgan fingerprint density at radius 1 is 1.06 bits per heavy atom. The first-order chi connectivity index (χ1) is 8.24. The fraction of sp³-hybridized carbons (Fsp3) is 0.0714. The minimum atomic E-state index is -0.941. The van der Waals surface area contributed by atoms with Gasteiger partial charge in [0.25, 0.3) is 0 Å². The quantitative estimate of drug-likeness (QED) is 0.846. The number of carbonyl (C=O) groups is 1. The number of rotatable bonds is 3. The summed E-state index contributed by atoms with van der Waals surface area (Å²) in [4.78, 5) is 11.1. The van der Waals surface area contributed by atoms with Crippen molar-refractivity contribution in [2.45, 2.75) is 6.54 Å². The number of carboxylic acids is 1. The SMILES string of the molecule is NCc1c(C(=O)O)cccc1-c1ccccc1. The highest BCUT2D eigenvalue weighted by molar-refractivity contribution is 5.92. The molecule has 0 saturated heterocycles. The highest BCUT2D eigenvalue weighted by Crippen LogP contribution is 2.25. The van der Waals surface area contributed by atoms with Gasteiger partial charge in [-0.1, -0.05) is 42.5 Å². The van der Waals surface area contributed by atoms with Crippen molar-refractivity contribution in [3.8, 4) is 11.1 Å². The van der Waals surface area contributed by atoms with E-state index in [9.17, 15) is 4.79 Å². The molecule has 0 fully saturated rings. The van der Waals surface area contributed by atoms with Crippen molar-refractivity contribution in [2.24, 2.45) is 5.73 Å². The van der Waals surface area contributed by atoms with Gasteiger partial charge in [-0.25, -0.2) is 4.79 Å². The lowest BCUT2D eigenvalue weighted by molar-refractivity contribution is 0.0695. The molecule has 17 heavy (non-hydrogen) atoms. The van der Waals surface area contributed by atoms with Crippen molar-refractivity contribution in [3.63, 3.8) is 0 Å². The second-order valence-corrected chi connectivity index (χ2v) is 3.71. The molecule has 0 aliphatic rings. The molecule has 0 bridgehead atoms. The molecule has 2 aromatic rings. The van der Waals surface area contributed by atoms with Crippen molar-refractivity contribution in [2.75, 3.05) is 0 Å². The van der Waals surface area contributed by atoms with Crippen LogP contribution < -0.4 is 5.73 Å². The van der Waals surface area contributed by atoms with Crippen LogP contribution in [0.3, 0.4) is 0 Å². The van der Waals surface area contributed by atoms with Gasteiger partial charge in [0.2, 0.25) is 0 Å². The van der Waals surface area contributed by atoms with Gasteiger partial charge in [0.1, 0.15) is 0 Å². The van der Waals surface area contributed by atoms with E-state index in [2.05, 4.69) is 0 Å². The van der Waals surface area contributed by atoms with Crippen LogP contribution in [-0.4, -0.2) is 11.1 Å². The molecule has 3 N–H and O–H groups in total. The second-order valence-electron chi connectivity index (χ2n) is 3.71. The number of hydrogen-bond donors (Lipinski definition) is 2. The molecule has 3 nitrogen and oxygen atoms in total. The molecule has 0 aliphatic heterocycles. The number of benzene rings is 2. The summed E-state index contributed by atoms with van der Waals surface area (Å²) in [6.07, 6.45) is 0. The first-order valence-corrected chi connectivity index (χ1v) is 5.34. The standard InChI is InChI=1S/C14H13NO2/c15-9-13-11(10-5-2-1-3-6-10)7-4-8-12(13)14(16)17/h1-8H,9,15H2,(H,16,17). The highest BCUT2D eigenvalue weighted by Gasteiger charge is 2.13. The van der Waals surface area contributed by atoms with Crippen LogP contribution in [0.2, 0.25) is 0 Å². The largest absolute Gasteiger partial charge is 0.478 e. The topological polar surface area (TPSA) is 63.3 Å². The van der Waals surface area contributed by atoms with E-state index in [0.717, 1.165) is 11.1 Å². The van der Waals surface area contributed by atoms with Gasteiger partial charge in [-0.3, -0.25) is 0 Å². The Hall–Kier alpha value is -2.13.